The average Bonchev–Trinajstić information content (AvgIpc) is 2.75. The van der Waals surface area contributed by atoms with E-state index in [-0.39, 0.29) is 6.04 Å². The van der Waals surface area contributed by atoms with Gasteiger partial charge in [0.15, 0.2) is 5.82 Å². The number of hydrogen-bond acceptors (Lipinski definition) is 5. The lowest BCUT2D eigenvalue weighted by molar-refractivity contribution is 0.787. The van der Waals surface area contributed by atoms with Crippen LogP contribution in [0.15, 0.2) is 16.7 Å². The minimum Gasteiger partial charge on any atom is -0.359 e. The van der Waals surface area contributed by atoms with E-state index in [4.69, 9.17) is 11.6 Å². The minimum atomic E-state index is -0.0938. The summed E-state index contributed by atoms with van der Waals surface area (Å²) in [5.74, 6) is 1.25. The van der Waals surface area contributed by atoms with E-state index in [1.165, 1.54) is 0 Å². The highest BCUT2D eigenvalue weighted by molar-refractivity contribution is 9.10. The Kier molecular flexibility index (Phi) is 3.35. The van der Waals surface area contributed by atoms with Crippen molar-refractivity contribution >= 4 is 33.3 Å². The van der Waals surface area contributed by atoms with Crippen molar-refractivity contribution in [2.24, 2.45) is 0 Å². The molecule has 0 aromatic carbocycles. The maximum absolute atomic E-state index is 5.79. The van der Waals surface area contributed by atoms with Crippen LogP contribution in [0.2, 0.25) is 5.02 Å². The lowest BCUT2D eigenvalue weighted by Gasteiger charge is -2.11. The fraction of sp³-hybridized carbons (Fsp3) is 0.250. The maximum atomic E-state index is 5.79. The van der Waals surface area contributed by atoms with Gasteiger partial charge in [0.05, 0.1) is 15.5 Å². The van der Waals surface area contributed by atoms with Crippen LogP contribution in [-0.2, 0) is 0 Å². The lowest BCUT2D eigenvalue weighted by Crippen LogP contribution is -2.10. The van der Waals surface area contributed by atoms with E-state index in [9.17, 15) is 0 Å². The summed E-state index contributed by atoms with van der Waals surface area (Å²) in [5.41, 5.74) is 0. The van der Waals surface area contributed by atoms with Gasteiger partial charge in [-0.05, 0) is 28.9 Å². The van der Waals surface area contributed by atoms with Crippen molar-refractivity contribution in [1.29, 1.82) is 0 Å². The fourth-order valence-electron chi connectivity index (χ4n) is 1.14. The van der Waals surface area contributed by atoms with Crippen LogP contribution in [0.5, 0.6) is 0 Å². The van der Waals surface area contributed by atoms with Crippen LogP contribution in [-0.4, -0.2) is 25.6 Å². The van der Waals surface area contributed by atoms with Gasteiger partial charge in [-0.15, -0.1) is 10.2 Å². The maximum Gasteiger partial charge on any atom is 0.196 e. The smallest absolute Gasteiger partial charge is 0.196 e. The van der Waals surface area contributed by atoms with Gasteiger partial charge >= 0.3 is 0 Å². The molecule has 0 aliphatic rings. The Hall–Kier alpha value is -1.21. The second-order valence-corrected chi connectivity index (χ2v) is 4.41. The number of nitrogens with zero attached hydrogens (tertiary/aromatic N) is 4. The van der Waals surface area contributed by atoms with Gasteiger partial charge in [0.2, 0.25) is 0 Å². The molecule has 2 aromatic rings. The quantitative estimate of drug-likeness (QED) is 0.908. The van der Waals surface area contributed by atoms with E-state index >= 15 is 0 Å². The summed E-state index contributed by atoms with van der Waals surface area (Å²) in [6, 6.07) is 1.67. The Morgan fingerprint density at radius 1 is 1.56 bits per heavy atom. The third kappa shape index (κ3) is 2.48. The van der Waals surface area contributed by atoms with Gasteiger partial charge in [-0.1, -0.05) is 16.8 Å². The third-order valence-corrected chi connectivity index (χ3v) is 2.72. The highest BCUT2D eigenvalue weighted by atomic mass is 79.9. The Morgan fingerprint density at radius 2 is 2.38 bits per heavy atom. The van der Waals surface area contributed by atoms with Gasteiger partial charge in [0.25, 0.3) is 0 Å². The molecule has 0 aliphatic heterocycles. The average molecular weight is 304 g/mol. The van der Waals surface area contributed by atoms with E-state index in [1.54, 1.807) is 12.3 Å². The lowest BCUT2D eigenvalue weighted by atomic mass is 10.3. The molecular formula is C8H8BrClN6. The SMILES string of the molecule is CC(Nc1ncc(Cl)cc1Br)c1nn[nH]n1. The first-order valence-electron chi connectivity index (χ1n) is 4.47. The highest BCUT2D eigenvalue weighted by Crippen LogP contribution is 2.25. The number of aromatic nitrogens is 5. The van der Waals surface area contributed by atoms with Gasteiger partial charge in [0, 0.05) is 6.20 Å². The van der Waals surface area contributed by atoms with E-state index < -0.39 is 0 Å². The molecule has 2 aromatic heterocycles. The monoisotopic (exact) mass is 302 g/mol. The standard InChI is InChI=1S/C8H8BrClN6/c1-4(7-13-15-16-14-7)12-8-6(9)2-5(10)3-11-8/h2-4H,1H3,(H,11,12)(H,13,14,15,16). The molecule has 0 bridgehead atoms. The molecule has 6 nitrogen and oxygen atoms in total. The fourth-order valence-corrected chi connectivity index (χ4v) is 1.90. The molecule has 2 heterocycles. The van der Waals surface area contributed by atoms with Gasteiger partial charge in [-0.2, -0.15) is 5.21 Å². The Bertz CT molecular complexity index is 473. The van der Waals surface area contributed by atoms with E-state index in [2.05, 4.69) is 46.9 Å². The van der Waals surface area contributed by atoms with Crippen LogP contribution in [0.25, 0.3) is 0 Å². The summed E-state index contributed by atoms with van der Waals surface area (Å²) in [4.78, 5) is 4.15. The second-order valence-electron chi connectivity index (χ2n) is 3.12. The molecule has 84 valence electrons. The van der Waals surface area contributed by atoms with E-state index in [0.717, 1.165) is 4.47 Å². The summed E-state index contributed by atoms with van der Waals surface area (Å²) in [6.07, 6.45) is 1.57. The van der Waals surface area contributed by atoms with Crippen LogP contribution < -0.4 is 5.32 Å². The number of tetrazole rings is 1. The topological polar surface area (TPSA) is 79.4 Å². The number of aromatic amines is 1. The predicted molar refractivity (Wildman–Crippen MR) is 63.2 cm³/mol. The van der Waals surface area contributed by atoms with Crippen molar-refractivity contribution in [2.75, 3.05) is 5.32 Å². The number of rotatable bonds is 3. The minimum absolute atomic E-state index is 0.0938. The molecule has 0 fully saturated rings. The summed E-state index contributed by atoms with van der Waals surface area (Å²) in [5, 5.41) is 17.4. The van der Waals surface area contributed by atoms with Crippen molar-refractivity contribution in [2.45, 2.75) is 13.0 Å². The Balaban J connectivity index is 2.15. The number of H-pyrrole nitrogens is 1. The zero-order chi connectivity index (χ0) is 11.5. The summed E-state index contributed by atoms with van der Waals surface area (Å²) < 4.78 is 0.787. The van der Waals surface area contributed by atoms with E-state index in [0.29, 0.717) is 16.7 Å². The van der Waals surface area contributed by atoms with Gasteiger partial charge in [0.1, 0.15) is 5.82 Å². The van der Waals surface area contributed by atoms with Crippen molar-refractivity contribution < 1.29 is 0 Å². The van der Waals surface area contributed by atoms with Crippen LogP contribution in [0.4, 0.5) is 5.82 Å². The molecule has 16 heavy (non-hydrogen) atoms. The van der Waals surface area contributed by atoms with Gasteiger partial charge in [-0.25, -0.2) is 4.98 Å². The molecule has 0 radical (unpaired) electrons. The molecule has 1 atom stereocenters. The first-order chi connectivity index (χ1) is 7.66. The normalized spacial score (nSPS) is 12.4. The molecule has 0 spiro atoms. The van der Waals surface area contributed by atoms with Crippen LogP contribution in [0.3, 0.4) is 0 Å². The molecular weight excluding hydrogens is 295 g/mol. The molecule has 0 amide bonds. The Labute approximate surface area is 105 Å². The number of anilines is 1. The Morgan fingerprint density at radius 3 is 3.00 bits per heavy atom. The number of hydrogen-bond donors (Lipinski definition) is 2. The van der Waals surface area contributed by atoms with Gasteiger partial charge < -0.3 is 5.32 Å². The van der Waals surface area contributed by atoms with Crippen molar-refractivity contribution in [3.05, 3.63) is 27.6 Å². The zero-order valence-electron chi connectivity index (χ0n) is 8.28. The summed E-state index contributed by atoms with van der Waals surface area (Å²) in [6.45, 7) is 1.91. The third-order valence-electron chi connectivity index (χ3n) is 1.91. The zero-order valence-corrected chi connectivity index (χ0v) is 10.6. The molecule has 8 heteroatoms. The summed E-state index contributed by atoms with van der Waals surface area (Å²) in [7, 11) is 0. The van der Waals surface area contributed by atoms with Crippen LogP contribution in [0, 0.1) is 0 Å². The van der Waals surface area contributed by atoms with Gasteiger partial charge in [-0.3, -0.25) is 0 Å². The number of halogens is 2. The molecule has 0 saturated heterocycles. The number of pyridine rings is 1. The molecule has 0 aliphatic carbocycles. The van der Waals surface area contributed by atoms with Crippen LogP contribution >= 0.6 is 27.5 Å². The van der Waals surface area contributed by atoms with Crippen LogP contribution in [0.1, 0.15) is 18.8 Å². The first-order valence-corrected chi connectivity index (χ1v) is 5.65. The second kappa shape index (κ2) is 4.75. The molecule has 0 saturated carbocycles. The molecule has 2 rings (SSSR count). The summed E-state index contributed by atoms with van der Waals surface area (Å²) >= 11 is 9.16. The molecule has 2 N–H and O–H groups in total. The predicted octanol–water partition coefficient (Wildman–Crippen LogP) is 2.18. The van der Waals surface area contributed by atoms with E-state index in [1.807, 2.05) is 6.92 Å². The number of nitrogens with one attached hydrogen (secondary N) is 2. The molecule has 1 unspecified atom stereocenters. The first kappa shape index (κ1) is 11.3. The van der Waals surface area contributed by atoms with Crippen molar-refractivity contribution in [3.63, 3.8) is 0 Å². The highest BCUT2D eigenvalue weighted by Gasteiger charge is 2.12. The largest absolute Gasteiger partial charge is 0.359 e. The van der Waals surface area contributed by atoms with Crippen molar-refractivity contribution in [1.82, 2.24) is 25.6 Å². The van der Waals surface area contributed by atoms with Crippen molar-refractivity contribution in [3.8, 4) is 0 Å².